The largest absolute Gasteiger partial charge is 0.497 e. The molecular weight excluding hydrogens is 406 g/mol. The molecule has 4 aromatic rings. The number of nitrogens with one attached hydrogen (secondary N) is 1. The van der Waals surface area contributed by atoms with Gasteiger partial charge in [-0.15, -0.1) is 0 Å². The van der Waals surface area contributed by atoms with Crippen LogP contribution in [0, 0.1) is 0 Å². The molecule has 7 nitrogen and oxygen atoms in total. The average molecular weight is 429 g/mol. The number of aromatic amines is 1. The summed E-state index contributed by atoms with van der Waals surface area (Å²) in [6.45, 7) is 2.52. The quantitative estimate of drug-likeness (QED) is 0.476. The van der Waals surface area contributed by atoms with Crippen molar-refractivity contribution in [2.45, 2.75) is 13.5 Å². The van der Waals surface area contributed by atoms with Gasteiger partial charge in [0.25, 0.3) is 11.5 Å². The van der Waals surface area contributed by atoms with E-state index in [1.807, 2.05) is 25.1 Å². The van der Waals surface area contributed by atoms with Crippen LogP contribution in [0.15, 0.2) is 77.7 Å². The molecule has 0 aliphatic carbocycles. The lowest BCUT2D eigenvalue weighted by molar-refractivity contribution is 0.0980. The molecule has 1 amide bonds. The number of hydrogen-bond acceptors (Lipinski definition) is 5. The number of amides is 1. The number of H-pyrrole nitrogens is 1. The van der Waals surface area contributed by atoms with Crippen molar-refractivity contribution < 1.29 is 14.3 Å². The number of benzene rings is 2. The summed E-state index contributed by atoms with van der Waals surface area (Å²) < 4.78 is 10.9. The zero-order valence-electron chi connectivity index (χ0n) is 17.9. The van der Waals surface area contributed by atoms with E-state index < -0.39 is 0 Å². The van der Waals surface area contributed by atoms with Gasteiger partial charge in [-0.1, -0.05) is 12.1 Å². The molecule has 1 N–H and O–H groups in total. The van der Waals surface area contributed by atoms with Crippen LogP contribution >= 0.6 is 0 Å². The molecule has 2 aromatic heterocycles. The lowest BCUT2D eigenvalue weighted by atomic mass is 10.1. The maximum absolute atomic E-state index is 13.4. The lowest BCUT2D eigenvalue weighted by Crippen LogP contribution is -2.33. The number of hydrogen-bond donors (Lipinski definition) is 1. The number of carbonyl (C=O) groups excluding carboxylic acids is 1. The Kier molecular flexibility index (Phi) is 6.17. The number of carbonyl (C=O) groups is 1. The van der Waals surface area contributed by atoms with Gasteiger partial charge in [0.15, 0.2) is 0 Å². The fourth-order valence-electron chi connectivity index (χ4n) is 3.46. The standard InChI is InChI=1S/C25H23N3O4/c1-3-32-21-10-11-22-17(14-21)13-18(24(29)27-22)16-28(19-7-6-8-20(15-19)31-2)25(30)23-9-4-5-12-26-23/h4-15H,3,16H2,1-2H3,(H,27,29). The molecule has 0 radical (unpaired) electrons. The van der Waals surface area contributed by atoms with Crippen molar-refractivity contribution >= 4 is 22.5 Å². The zero-order valence-corrected chi connectivity index (χ0v) is 17.9. The first kappa shape index (κ1) is 21.1. The molecule has 32 heavy (non-hydrogen) atoms. The second-order valence-electron chi connectivity index (χ2n) is 7.11. The first-order valence-corrected chi connectivity index (χ1v) is 10.2. The highest BCUT2D eigenvalue weighted by Gasteiger charge is 2.21. The second-order valence-corrected chi connectivity index (χ2v) is 7.11. The monoisotopic (exact) mass is 429 g/mol. The number of nitrogens with zero attached hydrogens (tertiary/aromatic N) is 2. The molecule has 7 heteroatoms. The molecule has 0 saturated carbocycles. The fourth-order valence-corrected chi connectivity index (χ4v) is 3.46. The van der Waals surface area contributed by atoms with E-state index in [0.29, 0.717) is 34.9 Å². The third-order valence-electron chi connectivity index (χ3n) is 5.03. The molecule has 2 aromatic carbocycles. The second kappa shape index (κ2) is 9.34. The summed E-state index contributed by atoms with van der Waals surface area (Å²) in [5, 5.41) is 0.821. The normalized spacial score (nSPS) is 10.7. The molecule has 0 atom stereocenters. The third kappa shape index (κ3) is 4.46. The topological polar surface area (TPSA) is 84.5 Å². The van der Waals surface area contributed by atoms with Crippen LogP contribution in [-0.2, 0) is 6.54 Å². The van der Waals surface area contributed by atoms with Crippen LogP contribution in [0.1, 0.15) is 23.0 Å². The van der Waals surface area contributed by atoms with Gasteiger partial charge in [0.2, 0.25) is 0 Å². The number of rotatable bonds is 7. The summed E-state index contributed by atoms with van der Waals surface area (Å²) in [5.41, 5.74) is 1.77. The first-order valence-electron chi connectivity index (χ1n) is 10.2. The van der Waals surface area contributed by atoms with E-state index in [9.17, 15) is 9.59 Å². The Morgan fingerprint density at radius 3 is 2.66 bits per heavy atom. The summed E-state index contributed by atoms with van der Waals surface area (Å²) in [4.78, 5) is 34.8. The third-order valence-corrected chi connectivity index (χ3v) is 5.03. The van der Waals surface area contributed by atoms with E-state index in [-0.39, 0.29) is 23.7 Å². The average Bonchev–Trinajstić information content (AvgIpc) is 2.83. The van der Waals surface area contributed by atoms with Gasteiger partial charge in [-0.25, -0.2) is 0 Å². The van der Waals surface area contributed by atoms with Gasteiger partial charge in [-0.05, 0) is 55.5 Å². The van der Waals surface area contributed by atoms with Gasteiger partial charge in [-0.2, -0.15) is 0 Å². The number of ether oxygens (including phenoxy) is 2. The Morgan fingerprint density at radius 2 is 1.91 bits per heavy atom. The van der Waals surface area contributed by atoms with E-state index >= 15 is 0 Å². The number of pyridine rings is 2. The van der Waals surface area contributed by atoms with Crippen LogP contribution < -0.4 is 19.9 Å². The van der Waals surface area contributed by atoms with Crippen LogP contribution in [0.5, 0.6) is 11.5 Å². The van der Waals surface area contributed by atoms with Crippen molar-refractivity contribution in [1.82, 2.24) is 9.97 Å². The fraction of sp³-hybridized carbons (Fsp3) is 0.160. The number of aromatic nitrogens is 2. The summed E-state index contributed by atoms with van der Waals surface area (Å²) >= 11 is 0. The predicted octanol–water partition coefficient (Wildman–Crippen LogP) is 4.18. The van der Waals surface area contributed by atoms with Crippen molar-refractivity contribution in [2.24, 2.45) is 0 Å². The zero-order chi connectivity index (χ0) is 22.5. The molecule has 0 aliphatic rings. The van der Waals surface area contributed by atoms with E-state index in [1.54, 1.807) is 61.8 Å². The Labute approximate surface area is 185 Å². The number of anilines is 1. The van der Waals surface area contributed by atoms with Crippen molar-refractivity contribution in [3.05, 3.63) is 94.5 Å². The molecule has 0 unspecified atom stereocenters. The minimum Gasteiger partial charge on any atom is -0.497 e. The first-order chi connectivity index (χ1) is 15.6. The summed E-state index contributed by atoms with van der Waals surface area (Å²) in [6, 6.07) is 19.6. The Bertz CT molecular complexity index is 1300. The van der Waals surface area contributed by atoms with Crippen LogP contribution in [0.25, 0.3) is 10.9 Å². The van der Waals surface area contributed by atoms with Gasteiger partial charge < -0.3 is 19.4 Å². The van der Waals surface area contributed by atoms with Gasteiger partial charge >= 0.3 is 0 Å². The molecule has 0 fully saturated rings. The minimum atomic E-state index is -0.318. The van der Waals surface area contributed by atoms with Gasteiger partial charge in [0.05, 0.1) is 20.3 Å². The summed E-state index contributed by atoms with van der Waals surface area (Å²) in [7, 11) is 1.56. The van der Waals surface area contributed by atoms with Crippen LogP contribution in [0.3, 0.4) is 0 Å². The highest BCUT2D eigenvalue weighted by atomic mass is 16.5. The maximum atomic E-state index is 13.4. The molecule has 0 aliphatic heterocycles. The molecule has 0 spiro atoms. The van der Waals surface area contributed by atoms with Gasteiger partial charge in [-0.3, -0.25) is 14.6 Å². The van der Waals surface area contributed by atoms with E-state index in [4.69, 9.17) is 9.47 Å². The highest BCUT2D eigenvalue weighted by Crippen LogP contribution is 2.25. The molecular formula is C25H23N3O4. The lowest BCUT2D eigenvalue weighted by Gasteiger charge is -2.23. The Morgan fingerprint density at radius 1 is 1.03 bits per heavy atom. The van der Waals surface area contributed by atoms with E-state index in [1.165, 1.54) is 4.90 Å². The van der Waals surface area contributed by atoms with Crippen LogP contribution in [0.4, 0.5) is 5.69 Å². The molecule has 0 bridgehead atoms. The highest BCUT2D eigenvalue weighted by molar-refractivity contribution is 6.04. The molecule has 162 valence electrons. The summed E-state index contributed by atoms with van der Waals surface area (Å²) in [6.07, 6.45) is 1.56. The van der Waals surface area contributed by atoms with Crippen LogP contribution in [0.2, 0.25) is 0 Å². The van der Waals surface area contributed by atoms with E-state index in [2.05, 4.69) is 9.97 Å². The van der Waals surface area contributed by atoms with Gasteiger partial charge in [0.1, 0.15) is 17.2 Å². The Hall–Kier alpha value is -4.13. The van der Waals surface area contributed by atoms with Crippen molar-refractivity contribution in [2.75, 3.05) is 18.6 Å². The summed E-state index contributed by atoms with van der Waals surface area (Å²) in [5.74, 6) is 1.00. The molecule has 2 heterocycles. The van der Waals surface area contributed by atoms with Crippen molar-refractivity contribution in [3.63, 3.8) is 0 Å². The van der Waals surface area contributed by atoms with E-state index in [0.717, 1.165) is 5.39 Å². The van der Waals surface area contributed by atoms with Crippen molar-refractivity contribution in [1.29, 1.82) is 0 Å². The smallest absolute Gasteiger partial charge is 0.277 e. The SMILES string of the molecule is CCOc1ccc2[nH]c(=O)c(CN(C(=O)c3ccccn3)c3cccc(OC)c3)cc2c1. The van der Waals surface area contributed by atoms with Crippen LogP contribution in [-0.4, -0.2) is 29.6 Å². The maximum Gasteiger partial charge on any atom is 0.277 e. The van der Waals surface area contributed by atoms with Gasteiger partial charge in [0, 0.05) is 34.4 Å². The number of fused-ring (bicyclic) bond motifs is 1. The minimum absolute atomic E-state index is 0.0622. The predicted molar refractivity (Wildman–Crippen MR) is 123 cm³/mol. The number of methoxy groups -OCH3 is 1. The van der Waals surface area contributed by atoms with Crippen molar-refractivity contribution in [3.8, 4) is 11.5 Å². The Balaban J connectivity index is 1.77. The molecule has 4 rings (SSSR count). The molecule has 0 saturated heterocycles.